The third-order valence-corrected chi connectivity index (χ3v) is 1.34. The van der Waals surface area contributed by atoms with E-state index in [0.29, 0.717) is 6.42 Å². The normalized spacial score (nSPS) is 11.8. The van der Waals surface area contributed by atoms with Gasteiger partial charge in [0.2, 0.25) is 0 Å². The summed E-state index contributed by atoms with van der Waals surface area (Å²) in [5, 5.41) is 10.8. The second-order valence-corrected chi connectivity index (χ2v) is 2.47. The fourth-order valence-electron chi connectivity index (χ4n) is 0.672. The van der Waals surface area contributed by atoms with Crippen molar-refractivity contribution in [3.63, 3.8) is 0 Å². The van der Waals surface area contributed by atoms with E-state index in [1.807, 2.05) is 0 Å². The highest BCUT2D eigenvalue weighted by molar-refractivity contribution is 5.68. The molecule has 0 aromatic carbocycles. The molecule has 1 unspecified atom stereocenters. The minimum absolute atomic E-state index is 0.0468. The lowest BCUT2D eigenvalue weighted by molar-refractivity contribution is -0.137. The van der Waals surface area contributed by atoms with Gasteiger partial charge in [-0.15, -0.1) is 0 Å². The van der Waals surface area contributed by atoms with Crippen molar-refractivity contribution in [2.24, 2.45) is 0 Å². The van der Waals surface area contributed by atoms with Crippen molar-refractivity contribution in [2.75, 3.05) is 7.11 Å². The van der Waals surface area contributed by atoms with Gasteiger partial charge in [0.1, 0.15) is 0 Å². The smallest absolute Gasteiger partial charge is 0.407 e. The molecule has 0 aromatic heterocycles. The summed E-state index contributed by atoms with van der Waals surface area (Å²) in [7, 11) is 1.26. The fraction of sp³-hybridized carbons (Fsp3) is 0.714. The van der Waals surface area contributed by atoms with Crippen LogP contribution in [0.25, 0.3) is 0 Å². The number of carbonyl (C=O) groups is 2. The minimum atomic E-state index is -0.867. The zero-order valence-corrected chi connectivity index (χ0v) is 7.16. The van der Waals surface area contributed by atoms with Crippen LogP contribution in [-0.2, 0) is 9.53 Å². The Kier molecular flexibility index (Phi) is 4.83. The number of alkyl carbamates (subject to hydrolysis) is 1. The first-order valence-electron chi connectivity index (χ1n) is 3.62. The zero-order chi connectivity index (χ0) is 9.56. The number of aliphatic carboxylic acids is 1. The van der Waals surface area contributed by atoms with E-state index in [1.165, 1.54) is 7.11 Å². The molecular weight excluding hydrogens is 162 g/mol. The summed E-state index contributed by atoms with van der Waals surface area (Å²) in [5.74, 6) is -0.867. The number of carboxylic acid groups (broad SMARTS) is 1. The molecule has 0 aliphatic heterocycles. The van der Waals surface area contributed by atoms with E-state index < -0.39 is 12.1 Å². The Morgan fingerprint density at radius 1 is 1.58 bits per heavy atom. The Labute approximate surface area is 70.7 Å². The molecule has 5 nitrogen and oxygen atoms in total. The molecule has 0 aliphatic carbocycles. The van der Waals surface area contributed by atoms with Crippen molar-refractivity contribution in [1.82, 2.24) is 5.32 Å². The first-order chi connectivity index (χ1) is 5.56. The second kappa shape index (κ2) is 5.40. The first-order valence-corrected chi connectivity index (χ1v) is 3.62. The molecule has 0 fully saturated rings. The van der Waals surface area contributed by atoms with Gasteiger partial charge >= 0.3 is 12.1 Å². The quantitative estimate of drug-likeness (QED) is 0.655. The van der Waals surface area contributed by atoms with Crippen LogP contribution in [0.3, 0.4) is 0 Å². The van der Waals surface area contributed by atoms with E-state index >= 15 is 0 Å². The summed E-state index contributed by atoms with van der Waals surface area (Å²) in [6.07, 6.45) is -0.0804. The fourth-order valence-corrected chi connectivity index (χ4v) is 0.672. The summed E-state index contributed by atoms with van der Waals surface area (Å²) in [6, 6.07) is -0.173. The molecule has 0 spiro atoms. The van der Waals surface area contributed by atoms with Gasteiger partial charge in [-0.05, 0) is 13.3 Å². The van der Waals surface area contributed by atoms with Crippen LogP contribution >= 0.6 is 0 Å². The van der Waals surface area contributed by atoms with E-state index in [9.17, 15) is 9.59 Å². The SMILES string of the molecule is COC(=O)NC(C)CCC(=O)O. The number of methoxy groups -OCH3 is 1. The summed E-state index contributed by atoms with van der Waals surface area (Å²) in [6.45, 7) is 1.72. The Hall–Kier alpha value is -1.26. The largest absolute Gasteiger partial charge is 0.481 e. The third kappa shape index (κ3) is 5.52. The number of ether oxygens (including phenoxy) is 1. The Bertz CT molecular complexity index is 169. The van der Waals surface area contributed by atoms with Crippen LogP contribution in [0.5, 0.6) is 0 Å². The molecule has 12 heavy (non-hydrogen) atoms. The maximum absolute atomic E-state index is 10.6. The predicted octanol–water partition coefficient (Wildman–Crippen LogP) is 0.596. The topological polar surface area (TPSA) is 75.6 Å². The number of hydrogen-bond acceptors (Lipinski definition) is 3. The maximum atomic E-state index is 10.6. The van der Waals surface area contributed by atoms with Crippen molar-refractivity contribution in [1.29, 1.82) is 0 Å². The molecule has 1 amide bonds. The number of nitrogens with one attached hydrogen (secondary N) is 1. The lowest BCUT2D eigenvalue weighted by Gasteiger charge is -2.10. The highest BCUT2D eigenvalue weighted by atomic mass is 16.5. The van der Waals surface area contributed by atoms with Gasteiger partial charge in [-0.1, -0.05) is 0 Å². The molecule has 0 aliphatic rings. The maximum Gasteiger partial charge on any atom is 0.407 e. The van der Waals surface area contributed by atoms with Crippen LogP contribution in [0, 0.1) is 0 Å². The van der Waals surface area contributed by atoms with Crippen LogP contribution in [0.2, 0.25) is 0 Å². The van der Waals surface area contributed by atoms with E-state index in [-0.39, 0.29) is 12.5 Å². The molecule has 0 bridgehead atoms. The Balaban J connectivity index is 3.52. The Morgan fingerprint density at radius 2 is 2.17 bits per heavy atom. The summed E-state index contributed by atoms with van der Waals surface area (Å²) in [5.41, 5.74) is 0. The number of amides is 1. The van der Waals surface area contributed by atoms with E-state index in [2.05, 4.69) is 10.1 Å². The molecule has 1 atom stereocenters. The molecule has 0 aromatic rings. The number of hydrogen-bond donors (Lipinski definition) is 2. The summed E-state index contributed by atoms with van der Waals surface area (Å²) < 4.78 is 4.33. The van der Waals surface area contributed by atoms with E-state index in [0.717, 1.165) is 0 Å². The summed E-state index contributed by atoms with van der Waals surface area (Å²) in [4.78, 5) is 20.7. The van der Waals surface area contributed by atoms with Crippen LogP contribution in [-0.4, -0.2) is 30.3 Å². The van der Waals surface area contributed by atoms with Gasteiger partial charge in [-0.25, -0.2) is 4.79 Å². The predicted molar refractivity (Wildman–Crippen MR) is 41.9 cm³/mol. The monoisotopic (exact) mass is 175 g/mol. The van der Waals surface area contributed by atoms with Crippen molar-refractivity contribution in [3.8, 4) is 0 Å². The van der Waals surface area contributed by atoms with Gasteiger partial charge in [0.15, 0.2) is 0 Å². The van der Waals surface area contributed by atoms with Gasteiger partial charge in [0.05, 0.1) is 7.11 Å². The average Bonchev–Trinajstić information content (AvgIpc) is 2.00. The van der Waals surface area contributed by atoms with E-state index in [4.69, 9.17) is 5.11 Å². The number of carboxylic acids is 1. The number of carbonyl (C=O) groups excluding carboxylic acids is 1. The van der Waals surface area contributed by atoms with Gasteiger partial charge in [-0.2, -0.15) is 0 Å². The standard InChI is InChI=1S/C7H13NO4/c1-5(3-4-6(9)10)8-7(11)12-2/h5H,3-4H2,1-2H3,(H,8,11)(H,9,10). The molecule has 70 valence electrons. The summed E-state index contributed by atoms with van der Waals surface area (Å²) >= 11 is 0. The number of rotatable bonds is 4. The minimum Gasteiger partial charge on any atom is -0.481 e. The molecule has 2 N–H and O–H groups in total. The zero-order valence-electron chi connectivity index (χ0n) is 7.16. The van der Waals surface area contributed by atoms with Crippen molar-refractivity contribution in [2.45, 2.75) is 25.8 Å². The molecule has 5 heteroatoms. The lowest BCUT2D eigenvalue weighted by Crippen LogP contribution is -2.32. The van der Waals surface area contributed by atoms with Crippen molar-refractivity contribution >= 4 is 12.1 Å². The van der Waals surface area contributed by atoms with Crippen LogP contribution < -0.4 is 5.32 Å². The third-order valence-electron chi connectivity index (χ3n) is 1.34. The van der Waals surface area contributed by atoms with Gasteiger partial charge in [0.25, 0.3) is 0 Å². The molecule has 0 saturated heterocycles. The second-order valence-electron chi connectivity index (χ2n) is 2.47. The molecular formula is C7H13NO4. The average molecular weight is 175 g/mol. The van der Waals surface area contributed by atoms with Gasteiger partial charge < -0.3 is 15.2 Å². The lowest BCUT2D eigenvalue weighted by atomic mass is 10.2. The highest BCUT2D eigenvalue weighted by Gasteiger charge is 2.07. The van der Waals surface area contributed by atoms with Gasteiger partial charge in [-0.3, -0.25) is 4.79 Å². The molecule has 0 saturated carbocycles. The van der Waals surface area contributed by atoms with Crippen LogP contribution in [0.1, 0.15) is 19.8 Å². The Morgan fingerprint density at radius 3 is 2.58 bits per heavy atom. The highest BCUT2D eigenvalue weighted by Crippen LogP contribution is 1.96. The molecule has 0 radical (unpaired) electrons. The van der Waals surface area contributed by atoms with Gasteiger partial charge in [0, 0.05) is 12.5 Å². The van der Waals surface area contributed by atoms with Crippen molar-refractivity contribution in [3.05, 3.63) is 0 Å². The van der Waals surface area contributed by atoms with Crippen molar-refractivity contribution < 1.29 is 19.4 Å². The first kappa shape index (κ1) is 10.7. The van der Waals surface area contributed by atoms with E-state index in [1.54, 1.807) is 6.92 Å². The van der Waals surface area contributed by atoms with Crippen LogP contribution in [0.15, 0.2) is 0 Å². The molecule has 0 heterocycles. The van der Waals surface area contributed by atoms with Crippen LogP contribution in [0.4, 0.5) is 4.79 Å². The molecule has 0 rings (SSSR count).